The number of nitro benzene ring substituents is 1. The Morgan fingerprint density at radius 1 is 1.56 bits per heavy atom. The van der Waals surface area contributed by atoms with E-state index in [0.29, 0.717) is 22.0 Å². The van der Waals surface area contributed by atoms with Gasteiger partial charge < -0.3 is 5.32 Å². The van der Waals surface area contributed by atoms with E-state index in [9.17, 15) is 14.3 Å². The number of non-ortho nitro benzene ring substituents is 1. The molecule has 1 rings (SSSR count). The number of nitrogens with zero attached hydrogens (tertiary/aromatic N) is 1. The first kappa shape index (κ1) is 14.9. The van der Waals surface area contributed by atoms with Crippen molar-refractivity contribution in [2.45, 2.75) is 19.9 Å². The molecule has 5 nitrogen and oxygen atoms in total. The van der Waals surface area contributed by atoms with E-state index in [1.54, 1.807) is 13.2 Å². The Morgan fingerprint density at radius 2 is 2.17 bits per heavy atom. The number of aryl methyl sites for hydroxylation is 1. The number of nitrogens with one attached hydrogen (secondary N) is 1. The maximum atomic E-state index is 11.1. The minimum atomic E-state index is -0.908. The maximum absolute atomic E-state index is 11.1. The van der Waals surface area contributed by atoms with E-state index in [-0.39, 0.29) is 11.7 Å². The highest BCUT2D eigenvalue weighted by Crippen LogP contribution is 2.31. The van der Waals surface area contributed by atoms with Crippen LogP contribution in [0.1, 0.15) is 12.5 Å². The number of rotatable bonds is 5. The summed E-state index contributed by atoms with van der Waals surface area (Å²) in [6, 6.07) is 2.75. The fourth-order valence-electron chi connectivity index (χ4n) is 1.65. The largest absolute Gasteiger partial charge is 0.380 e. The summed E-state index contributed by atoms with van der Waals surface area (Å²) in [4.78, 5) is 10.2. The van der Waals surface area contributed by atoms with Crippen LogP contribution in [0.2, 0.25) is 5.02 Å². The van der Waals surface area contributed by atoms with E-state index in [0.717, 1.165) is 0 Å². The van der Waals surface area contributed by atoms with E-state index in [4.69, 9.17) is 11.6 Å². The zero-order chi connectivity index (χ0) is 13.9. The van der Waals surface area contributed by atoms with Gasteiger partial charge >= 0.3 is 0 Å². The SMILES string of the molecule is Cc1cc([N+](=O)[O-])cc(Cl)c1NC(C)CS(C)=O. The molecule has 0 aliphatic rings. The number of benzene rings is 1. The second-order valence-electron chi connectivity index (χ2n) is 4.16. The molecule has 1 aromatic carbocycles. The average molecular weight is 291 g/mol. The van der Waals surface area contributed by atoms with Crippen LogP contribution in [0, 0.1) is 17.0 Å². The fraction of sp³-hybridized carbons (Fsp3) is 0.455. The molecule has 0 aliphatic carbocycles. The first-order valence-electron chi connectivity index (χ1n) is 5.32. The summed E-state index contributed by atoms with van der Waals surface area (Å²) in [6.45, 7) is 3.63. The van der Waals surface area contributed by atoms with Crippen LogP contribution in [0.4, 0.5) is 11.4 Å². The van der Waals surface area contributed by atoms with Crippen molar-refractivity contribution >= 4 is 33.8 Å². The Balaban J connectivity index is 2.96. The van der Waals surface area contributed by atoms with Crippen LogP contribution >= 0.6 is 11.6 Å². The summed E-state index contributed by atoms with van der Waals surface area (Å²) in [7, 11) is -0.908. The molecule has 0 heterocycles. The van der Waals surface area contributed by atoms with Crippen molar-refractivity contribution in [3.63, 3.8) is 0 Å². The van der Waals surface area contributed by atoms with Crippen LogP contribution < -0.4 is 5.32 Å². The van der Waals surface area contributed by atoms with Crippen molar-refractivity contribution in [3.8, 4) is 0 Å². The van der Waals surface area contributed by atoms with Crippen molar-refractivity contribution in [2.75, 3.05) is 17.3 Å². The number of hydrogen-bond acceptors (Lipinski definition) is 4. The summed E-state index contributed by atoms with van der Waals surface area (Å²) in [5.74, 6) is 0.493. The van der Waals surface area contributed by atoms with Gasteiger partial charge in [0.15, 0.2) is 0 Å². The van der Waals surface area contributed by atoms with Crippen LogP contribution in [0.5, 0.6) is 0 Å². The van der Waals surface area contributed by atoms with Gasteiger partial charge in [-0.3, -0.25) is 14.3 Å². The van der Waals surface area contributed by atoms with E-state index >= 15 is 0 Å². The summed E-state index contributed by atoms with van der Waals surface area (Å²) in [5, 5.41) is 14.1. The molecule has 0 fully saturated rings. The summed E-state index contributed by atoms with van der Waals surface area (Å²) in [6.07, 6.45) is 1.63. The van der Waals surface area contributed by atoms with Crippen LogP contribution in [-0.4, -0.2) is 27.2 Å². The molecule has 0 spiro atoms. The molecule has 0 bridgehead atoms. The van der Waals surface area contributed by atoms with Gasteiger partial charge in [0.2, 0.25) is 0 Å². The molecule has 0 saturated heterocycles. The van der Waals surface area contributed by atoms with Gasteiger partial charge in [-0.2, -0.15) is 0 Å². The van der Waals surface area contributed by atoms with E-state index in [2.05, 4.69) is 5.32 Å². The smallest absolute Gasteiger partial charge is 0.271 e. The molecule has 2 atom stereocenters. The summed E-state index contributed by atoms with van der Waals surface area (Å²) >= 11 is 6.02. The first-order valence-corrected chi connectivity index (χ1v) is 7.43. The molecule has 0 aliphatic heterocycles. The Kier molecular flexibility index (Phi) is 5.10. The highest BCUT2D eigenvalue weighted by Gasteiger charge is 2.15. The van der Waals surface area contributed by atoms with Crippen LogP contribution in [-0.2, 0) is 10.8 Å². The Bertz CT molecular complexity index is 470. The molecular formula is C11H15ClN2O3S. The zero-order valence-corrected chi connectivity index (χ0v) is 12.0. The van der Waals surface area contributed by atoms with E-state index in [1.807, 2.05) is 6.92 Å². The molecule has 0 saturated carbocycles. The van der Waals surface area contributed by atoms with Gasteiger partial charge in [-0.25, -0.2) is 0 Å². The molecule has 7 heteroatoms. The molecule has 2 unspecified atom stereocenters. The average Bonchev–Trinajstić information content (AvgIpc) is 2.21. The molecule has 18 heavy (non-hydrogen) atoms. The van der Waals surface area contributed by atoms with Gasteiger partial charge in [0.05, 0.1) is 15.6 Å². The molecule has 0 radical (unpaired) electrons. The number of nitro groups is 1. The fourth-order valence-corrected chi connectivity index (χ4v) is 2.76. The number of anilines is 1. The summed E-state index contributed by atoms with van der Waals surface area (Å²) in [5.41, 5.74) is 1.32. The molecule has 0 aromatic heterocycles. The zero-order valence-electron chi connectivity index (χ0n) is 10.4. The lowest BCUT2D eigenvalue weighted by molar-refractivity contribution is -0.384. The lowest BCUT2D eigenvalue weighted by atomic mass is 10.1. The van der Waals surface area contributed by atoms with Gasteiger partial charge in [-0.05, 0) is 19.4 Å². The van der Waals surface area contributed by atoms with Gasteiger partial charge in [0.1, 0.15) is 0 Å². The van der Waals surface area contributed by atoms with Crippen molar-refractivity contribution in [1.82, 2.24) is 0 Å². The summed E-state index contributed by atoms with van der Waals surface area (Å²) < 4.78 is 11.1. The topological polar surface area (TPSA) is 72.2 Å². The van der Waals surface area contributed by atoms with Crippen molar-refractivity contribution in [1.29, 1.82) is 0 Å². The highest BCUT2D eigenvalue weighted by molar-refractivity contribution is 7.84. The second kappa shape index (κ2) is 6.15. The molecule has 1 aromatic rings. The monoisotopic (exact) mass is 290 g/mol. The molecule has 1 N–H and O–H groups in total. The third-order valence-corrected chi connectivity index (χ3v) is 3.63. The molecule has 0 amide bonds. The normalized spacial score (nSPS) is 14.0. The minimum absolute atomic E-state index is 0.0199. The lowest BCUT2D eigenvalue weighted by Gasteiger charge is -2.17. The van der Waals surface area contributed by atoms with Crippen LogP contribution in [0.3, 0.4) is 0 Å². The maximum Gasteiger partial charge on any atom is 0.271 e. The first-order chi connectivity index (χ1) is 8.31. The minimum Gasteiger partial charge on any atom is -0.380 e. The lowest BCUT2D eigenvalue weighted by Crippen LogP contribution is -2.23. The Labute approximate surface area is 113 Å². The third-order valence-electron chi connectivity index (χ3n) is 2.36. The number of halogens is 1. The highest BCUT2D eigenvalue weighted by atomic mass is 35.5. The molecule has 100 valence electrons. The third kappa shape index (κ3) is 3.96. The standard InChI is InChI=1S/C11H15ClN2O3S/c1-7-4-9(14(15)16)5-10(12)11(7)13-8(2)6-18(3)17/h4-5,8,13H,6H2,1-3H3. The van der Waals surface area contributed by atoms with Crippen molar-refractivity contribution in [2.24, 2.45) is 0 Å². The predicted octanol–water partition coefficient (Wildman–Crippen LogP) is 2.74. The second-order valence-corrected chi connectivity index (χ2v) is 6.05. The van der Waals surface area contributed by atoms with Crippen molar-refractivity contribution < 1.29 is 9.13 Å². The quantitative estimate of drug-likeness (QED) is 0.668. The number of hydrogen-bond donors (Lipinski definition) is 1. The van der Waals surface area contributed by atoms with Crippen LogP contribution in [0.15, 0.2) is 12.1 Å². The Morgan fingerprint density at radius 3 is 2.61 bits per heavy atom. The van der Waals surface area contributed by atoms with E-state index in [1.165, 1.54) is 12.1 Å². The Hall–Kier alpha value is -1.14. The van der Waals surface area contributed by atoms with Gasteiger partial charge in [-0.1, -0.05) is 11.6 Å². The van der Waals surface area contributed by atoms with Gasteiger partial charge in [0, 0.05) is 41.0 Å². The van der Waals surface area contributed by atoms with Crippen molar-refractivity contribution in [3.05, 3.63) is 32.8 Å². The van der Waals surface area contributed by atoms with Crippen LogP contribution in [0.25, 0.3) is 0 Å². The van der Waals surface area contributed by atoms with E-state index < -0.39 is 15.7 Å². The van der Waals surface area contributed by atoms with Gasteiger partial charge in [0.25, 0.3) is 5.69 Å². The predicted molar refractivity (Wildman–Crippen MR) is 74.9 cm³/mol. The van der Waals surface area contributed by atoms with Gasteiger partial charge in [-0.15, -0.1) is 0 Å². The molecular weight excluding hydrogens is 276 g/mol.